The van der Waals surface area contributed by atoms with Crippen LogP contribution in [0.15, 0.2) is 30.3 Å². The normalized spacial score (nSPS) is 31.6. The highest BCUT2D eigenvalue weighted by atomic mass is 32.1. The molecule has 0 radical (unpaired) electrons. The summed E-state index contributed by atoms with van der Waals surface area (Å²) in [6.07, 6.45) is -6.75. The predicted octanol–water partition coefficient (Wildman–Crippen LogP) is -2.13. The highest BCUT2D eigenvalue weighted by molar-refractivity contribution is 7.80. The molecule has 0 saturated heterocycles. The standard InChI is InChI=1S/C13H17N3O5S/c17-8-7(9(18)11(20)12(21)10(8)19)15-16-13(22)14-6-4-2-1-3-5-6/h1-5,7-8,10-12,15,17,19-21H,(H2,14,16,22)/t7?,8-,10-,11-,12-/m1/s1. The number of Topliss-reactive ketones (excluding diaryl/α,β-unsaturated/α-hetero) is 1. The van der Waals surface area contributed by atoms with Crippen LogP contribution in [0.3, 0.4) is 0 Å². The van der Waals surface area contributed by atoms with Gasteiger partial charge in [0.15, 0.2) is 10.9 Å². The minimum Gasteiger partial charge on any atom is -0.388 e. The zero-order valence-electron chi connectivity index (χ0n) is 11.4. The van der Waals surface area contributed by atoms with Crippen molar-refractivity contribution in [2.75, 3.05) is 5.32 Å². The van der Waals surface area contributed by atoms with Crippen molar-refractivity contribution in [3.8, 4) is 0 Å². The van der Waals surface area contributed by atoms with E-state index in [9.17, 15) is 25.2 Å². The lowest BCUT2D eigenvalue weighted by Crippen LogP contribution is -2.68. The molecule has 0 aromatic heterocycles. The average molecular weight is 327 g/mol. The first-order chi connectivity index (χ1) is 10.4. The van der Waals surface area contributed by atoms with Crippen molar-refractivity contribution >= 4 is 28.8 Å². The molecule has 1 fully saturated rings. The fraction of sp³-hybridized carbons (Fsp3) is 0.385. The molecule has 1 unspecified atom stereocenters. The summed E-state index contributed by atoms with van der Waals surface area (Å²) < 4.78 is 0. The molecule has 0 bridgehead atoms. The van der Waals surface area contributed by atoms with Gasteiger partial charge < -0.3 is 25.7 Å². The van der Waals surface area contributed by atoms with Crippen LogP contribution in [0, 0.1) is 0 Å². The lowest BCUT2D eigenvalue weighted by atomic mass is 9.85. The second kappa shape index (κ2) is 7.09. The Balaban J connectivity index is 1.92. The Labute approximate surface area is 131 Å². The van der Waals surface area contributed by atoms with Gasteiger partial charge in [-0.1, -0.05) is 18.2 Å². The molecule has 1 aliphatic rings. The lowest BCUT2D eigenvalue weighted by molar-refractivity contribution is -0.169. The summed E-state index contributed by atoms with van der Waals surface area (Å²) in [6.45, 7) is 0. The highest BCUT2D eigenvalue weighted by Gasteiger charge is 2.48. The quantitative estimate of drug-likeness (QED) is 0.245. The molecule has 1 aromatic rings. The lowest BCUT2D eigenvalue weighted by Gasteiger charge is -2.37. The Bertz CT molecular complexity index is 544. The molecule has 2 rings (SSSR count). The van der Waals surface area contributed by atoms with Crippen LogP contribution in [0.5, 0.6) is 0 Å². The van der Waals surface area contributed by atoms with E-state index in [1.165, 1.54) is 0 Å². The van der Waals surface area contributed by atoms with Crippen LogP contribution in [-0.2, 0) is 4.79 Å². The third-order valence-electron chi connectivity index (χ3n) is 3.34. The summed E-state index contributed by atoms with van der Waals surface area (Å²) in [4.78, 5) is 11.8. The van der Waals surface area contributed by atoms with E-state index >= 15 is 0 Å². The van der Waals surface area contributed by atoms with Gasteiger partial charge in [0.05, 0.1) is 0 Å². The third-order valence-corrected chi connectivity index (χ3v) is 3.54. The van der Waals surface area contributed by atoms with Crippen LogP contribution in [-0.4, -0.2) is 61.8 Å². The molecule has 22 heavy (non-hydrogen) atoms. The van der Waals surface area contributed by atoms with E-state index in [1.807, 2.05) is 6.07 Å². The number of carbonyl (C=O) groups excluding carboxylic acids is 1. The van der Waals surface area contributed by atoms with E-state index < -0.39 is 36.2 Å². The van der Waals surface area contributed by atoms with Gasteiger partial charge in [-0.25, -0.2) is 5.43 Å². The Morgan fingerprint density at radius 3 is 2.27 bits per heavy atom. The number of benzene rings is 1. The zero-order chi connectivity index (χ0) is 16.3. The van der Waals surface area contributed by atoms with E-state index in [0.717, 1.165) is 0 Å². The van der Waals surface area contributed by atoms with Gasteiger partial charge in [0.1, 0.15) is 30.5 Å². The first-order valence-corrected chi connectivity index (χ1v) is 6.96. The van der Waals surface area contributed by atoms with E-state index in [1.54, 1.807) is 24.3 Å². The van der Waals surface area contributed by atoms with Gasteiger partial charge in [0.25, 0.3) is 0 Å². The summed E-state index contributed by atoms with van der Waals surface area (Å²) in [5.41, 5.74) is 5.66. The fourth-order valence-electron chi connectivity index (χ4n) is 2.09. The predicted molar refractivity (Wildman–Crippen MR) is 81.8 cm³/mol. The van der Waals surface area contributed by atoms with Crippen LogP contribution in [0.25, 0.3) is 0 Å². The first-order valence-electron chi connectivity index (χ1n) is 6.55. The second-order valence-electron chi connectivity index (χ2n) is 4.89. The zero-order valence-corrected chi connectivity index (χ0v) is 12.2. The van der Waals surface area contributed by atoms with E-state index in [0.29, 0.717) is 5.69 Å². The van der Waals surface area contributed by atoms with Crippen molar-refractivity contribution in [2.45, 2.75) is 30.5 Å². The molecule has 5 atom stereocenters. The van der Waals surface area contributed by atoms with E-state index in [-0.39, 0.29) is 5.11 Å². The fourth-order valence-corrected chi connectivity index (χ4v) is 2.27. The number of anilines is 1. The number of carbonyl (C=O) groups is 1. The Morgan fingerprint density at radius 2 is 1.64 bits per heavy atom. The number of hydrogen-bond acceptors (Lipinski definition) is 7. The highest BCUT2D eigenvalue weighted by Crippen LogP contribution is 2.17. The number of para-hydroxylation sites is 1. The van der Waals surface area contributed by atoms with Gasteiger partial charge in [0, 0.05) is 5.69 Å². The Kier molecular flexibility index (Phi) is 5.40. The van der Waals surface area contributed by atoms with Crippen LogP contribution in [0.1, 0.15) is 0 Å². The Morgan fingerprint density at radius 1 is 1.00 bits per heavy atom. The number of rotatable bonds is 3. The van der Waals surface area contributed by atoms with Gasteiger partial charge in [0.2, 0.25) is 0 Å². The SMILES string of the molecule is O=C1C(NNC(=S)Nc2ccccc2)[C@@H](O)[C@@H](O)[C@@H](O)[C@@H]1O. The average Bonchev–Trinajstić information content (AvgIpc) is 2.52. The van der Waals surface area contributed by atoms with Crippen LogP contribution >= 0.6 is 12.2 Å². The van der Waals surface area contributed by atoms with Crippen molar-refractivity contribution in [1.29, 1.82) is 0 Å². The van der Waals surface area contributed by atoms with Gasteiger partial charge in [-0.2, -0.15) is 0 Å². The van der Waals surface area contributed by atoms with Crippen LogP contribution in [0.2, 0.25) is 0 Å². The third kappa shape index (κ3) is 3.58. The maximum atomic E-state index is 11.8. The summed E-state index contributed by atoms with van der Waals surface area (Å²) in [5.74, 6) is -0.847. The number of hydrogen-bond donors (Lipinski definition) is 7. The molecule has 1 aromatic carbocycles. The van der Waals surface area contributed by atoms with E-state index in [4.69, 9.17) is 12.2 Å². The molecule has 120 valence electrons. The van der Waals surface area contributed by atoms with Crippen molar-refractivity contribution < 1.29 is 25.2 Å². The summed E-state index contributed by atoms with van der Waals surface area (Å²) in [5, 5.41) is 41.3. The first kappa shape index (κ1) is 16.7. The van der Waals surface area contributed by atoms with Crippen LogP contribution in [0.4, 0.5) is 5.69 Å². The Hall–Kier alpha value is -1.62. The molecule has 1 aliphatic carbocycles. The summed E-state index contributed by atoms with van der Waals surface area (Å²) >= 11 is 5.01. The molecule has 0 amide bonds. The molecule has 8 nitrogen and oxygen atoms in total. The van der Waals surface area contributed by atoms with Crippen molar-refractivity contribution in [1.82, 2.24) is 10.9 Å². The summed E-state index contributed by atoms with van der Waals surface area (Å²) in [6, 6.07) is 7.69. The van der Waals surface area contributed by atoms with Crippen molar-refractivity contribution in [3.63, 3.8) is 0 Å². The molecule has 1 saturated carbocycles. The maximum Gasteiger partial charge on any atom is 0.185 e. The maximum absolute atomic E-state index is 11.8. The minimum atomic E-state index is -1.78. The number of ketones is 1. The molecular formula is C13H17N3O5S. The molecule has 9 heteroatoms. The van der Waals surface area contributed by atoms with Gasteiger partial charge in [-0.05, 0) is 24.4 Å². The molecule has 0 aliphatic heterocycles. The van der Waals surface area contributed by atoms with E-state index in [2.05, 4.69) is 16.2 Å². The number of nitrogens with one attached hydrogen (secondary N) is 3. The van der Waals surface area contributed by atoms with Gasteiger partial charge >= 0.3 is 0 Å². The molecular weight excluding hydrogens is 310 g/mol. The van der Waals surface area contributed by atoms with Crippen LogP contribution < -0.4 is 16.2 Å². The molecule has 0 heterocycles. The molecule has 7 N–H and O–H groups in total. The smallest absolute Gasteiger partial charge is 0.185 e. The number of hydrazine groups is 1. The minimum absolute atomic E-state index is 0.126. The molecule has 0 spiro atoms. The summed E-state index contributed by atoms with van der Waals surface area (Å²) in [7, 11) is 0. The largest absolute Gasteiger partial charge is 0.388 e. The number of aliphatic hydroxyl groups excluding tert-OH is 4. The number of thiocarbonyl (C=S) groups is 1. The monoisotopic (exact) mass is 327 g/mol. The van der Waals surface area contributed by atoms with Gasteiger partial charge in [-0.15, -0.1) is 0 Å². The topological polar surface area (TPSA) is 134 Å². The second-order valence-corrected chi connectivity index (χ2v) is 5.29. The van der Waals surface area contributed by atoms with Crippen molar-refractivity contribution in [3.05, 3.63) is 30.3 Å². The van der Waals surface area contributed by atoms with Crippen molar-refractivity contribution in [2.24, 2.45) is 0 Å². The van der Waals surface area contributed by atoms with Gasteiger partial charge in [-0.3, -0.25) is 10.2 Å². The number of aliphatic hydroxyl groups is 4.